The number of benzene rings is 1. The lowest BCUT2D eigenvalue weighted by atomic mass is 10.2. The lowest BCUT2D eigenvalue weighted by molar-refractivity contribution is 0.729. The van der Waals surface area contributed by atoms with Crippen LogP contribution in [0.2, 0.25) is 0 Å². The quantitative estimate of drug-likeness (QED) is 0.764. The Morgan fingerprint density at radius 3 is 2.60 bits per heavy atom. The first-order chi connectivity index (χ1) is 12.1. The van der Waals surface area contributed by atoms with Crippen molar-refractivity contribution in [1.82, 2.24) is 19.3 Å². The molecule has 2 aromatic heterocycles. The van der Waals surface area contributed by atoms with Gasteiger partial charge in [0.05, 0.1) is 5.69 Å². The van der Waals surface area contributed by atoms with Gasteiger partial charge in [-0.15, -0.1) is 0 Å². The van der Waals surface area contributed by atoms with Gasteiger partial charge in [-0.25, -0.2) is 9.48 Å². The zero-order valence-electron chi connectivity index (χ0n) is 13.9. The van der Waals surface area contributed by atoms with Gasteiger partial charge in [-0.1, -0.05) is 12.1 Å². The van der Waals surface area contributed by atoms with E-state index in [2.05, 4.69) is 15.0 Å². The number of hydrogen-bond donors (Lipinski definition) is 1. The molecule has 1 saturated carbocycles. The van der Waals surface area contributed by atoms with Crippen molar-refractivity contribution in [2.24, 2.45) is 7.05 Å². The van der Waals surface area contributed by atoms with Crippen LogP contribution < -0.4 is 16.1 Å². The van der Waals surface area contributed by atoms with Crippen LogP contribution in [0.15, 0.2) is 58.4 Å². The Balaban J connectivity index is 1.61. The number of aromatic nitrogens is 4. The summed E-state index contributed by atoms with van der Waals surface area (Å²) in [7, 11) is 1.47. The summed E-state index contributed by atoms with van der Waals surface area (Å²) in [6.07, 6.45) is 5.79. The molecule has 0 atom stereocenters. The maximum Gasteiger partial charge on any atom is 0.329 e. The van der Waals surface area contributed by atoms with Crippen molar-refractivity contribution in [3.05, 3.63) is 75.2 Å². The highest BCUT2D eigenvalue weighted by molar-refractivity contribution is 5.42. The third-order valence-corrected chi connectivity index (χ3v) is 4.49. The summed E-state index contributed by atoms with van der Waals surface area (Å²) in [6.45, 7) is 0.646. The van der Waals surface area contributed by atoms with E-state index in [0.29, 0.717) is 18.4 Å². The molecule has 0 aliphatic heterocycles. The van der Waals surface area contributed by atoms with Gasteiger partial charge in [-0.05, 0) is 36.6 Å². The number of anilines is 1. The van der Waals surface area contributed by atoms with Crippen LogP contribution in [-0.2, 0) is 13.6 Å². The molecule has 1 aliphatic rings. The van der Waals surface area contributed by atoms with Gasteiger partial charge in [0.1, 0.15) is 5.82 Å². The summed E-state index contributed by atoms with van der Waals surface area (Å²) in [6, 6.07) is 11.9. The van der Waals surface area contributed by atoms with Gasteiger partial charge in [0.2, 0.25) is 0 Å². The van der Waals surface area contributed by atoms with Crippen LogP contribution >= 0.6 is 0 Å². The monoisotopic (exact) mass is 337 g/mol. The highest BCUT2D eigenvalue weighted by atomic mass is 16.2. The zero-order chi connectivity index (χ0) is 17.4. The van der Waals surface area contributed by atoms with E-state index in [-0.39, 0.29) is 11.2 Å². The van der Waals surface area contributed by atoms with Crippen LogP contribution in [0, 0.1) is 0 Å². The summed E-state index contributed by atoms with van der Waals surface area (Å²) in [5.74, 6) is 0.590. The number of hydrogen-bond acceptors (Lipinski definition) is 4. The molecule has 0 saturated heterocycles. The van der Waals surface area contributed by atoms with Crippen molar-refractivity contribution in [1.29, 1.82) is 0 Å². The second-order valence-electron chi connectivity index (χ2n) is 6.33. The van der Waals surface area contributed by atoms with Crippen LogP contribution in [0.3, 0.4) is 0 Å². The Bertz CT molecular complexity index is 950. The molecule has 1 aliphatic carbocycles. The molecule has 128 valence electrons. The molecule has 4 rings (SSSR count). The van der Waals surface area contributed by atoms with Gasteiger partial charge in [0.15, 0.2) is 0 Å². The molecule has 0 spiro atoms. The largest absolute Gasteiger partial charge is 0.351 e. The van der Waals surface area contributed by atoms with Gasteiger partial charge < -0.3 is 4.90 Å². The fourth-order valence-electron chi connectivity index (χ4n) is 2.87. The SMILES string of the molecule is Cn1c(=O)cc(N(Cc2ccc(-n3cccn3)cc2)C2CC2)[nH]c1=O. The van der Waals surface area contributed by atoms with Crippen LogP contribution in [-0.4, -0.2) is 25.4 Å². The average molecular weight is 337 g/mol. The molecular formula is C18H19N5O2. The second kappa shape index (κ2) is 6.08. The maximum absolute atomic E-state index is 11.9. The van der Waals surface area contributed by atoms with E-state index in [4.69, 9.17) is 0 Å². The third kappa shape index (κ3) is 3.13. The summed E-state index contributed by atoms with van der Waals surface area (Å²) in [4.78, 5) is 28.8. The molecule has 1 fully saturated rings. The Hall–Kier alpha value is -3.09. The van der Waals surface area contributed by atoms with Gasteiger partial charge >= 0.3 is 5.69 Å². The Morgan fingerprint density at radius 2 is 2.00 bits per heavy atom. The fraction of sp³-hybridized carbons (Fsp3) is 0.278. The predicted molar refractivity (Wildman–Crippen MR) is 95.1 cm³/mol. The van der Waals surface area contributed by atoms with E-state index >= 15 is 0 Å². The number of rotatable bonds is 5. The van der Waals surface area contributed by atoms with Crippen LogP contribution in [0.25, 0.3) is 5.69 Å². The molecule has 2 heterocycles. The zero-order valence-corrected chi connectivity index (χ0v) is 13.9. The van der Waals surface area contributed by atoms with E-state index in [1.807, 2.05) is 36.5 Å². The second-order valence-corrected chi connectivity index (χ2v) is 6.33. The lowest BCUT2D eigenvalue weighted by Crippen LogP contribution is -2.36. The van der Waals surface area contributed by atoms with Gasteiger partial charge in [-0.3, -0.25) is 14.3 Å². The molecule has 25 heavy (non-hydrogen) atoms. The molecule has 1 aromatic carbocycles. The minimum atomic E-state index is -0.387. The van der Waals surface area contributed by atoms with E-state index in [0.717, 1.165) is 28.7 Å². The van der Waals surface area contributed by atoms with Crippen LogP contribution in [0.4, 0.5) is 5.82 Å². The molecular weight excluding hydrogens is 318 g/mol. The van der Waals surface area contributed by atoms with Crippen molar-refractivity contribution in [2.75, 3.05) is 4.90 Å². The van der Waals surface area contributed by atoms with E-state index in [9.17, 15) is 9.59 Å². The maximum atomic E-state index is 11.9. The van der Waals surface area contributed by atoms with E-state index < -0.39 is 0 Å². The number of nitrogens with one attached hydrogen (secondary N) is 1. The molecule has 0 unspecified atom stereocenters. The summed E-state index contributed by atoms with van der Waals surface area (Å²) in [5, 5.41) is 4.22. The first kappa shape index (κ1) is 15.4. The fourth-order valence-corrected chi connectivity index (χ4v) is 2.87. The molecule has 3 aromatic rings. The first-order valence-electron chi connectivity index (χ1n) is 8.28. The summed E-state index contributed by atoms with van der Waals surface area (Å²) < 4.78 is 2.88. The highest BCUT2D eigenvalue weighted by Crippen LogP contribution is 2.31. The van der Waals surface area contributed by atoms with E-state index in [1.54, 1.807) is 10.9 Å². The number of H-pyrrole nitrogens is 1. The van der Waals surface area contributed by atoms with Crippen molar-refractivity contribution < 1.29 is 0 Å². The Labute approximate surface area is 144 Å². The average Bonchev–Trinajstić information content (AvgIpc) is 3.31. The highest BCUT2D eigenvalue weighted by Gasteiger charge is 2.30. The van der Waals surface area contributed by atoms with Crippen molar-refractivity contribution in [3.8, 4) is 5.69 Å². The van der Waals surface area contributed by atoms with Crippen LogP contribution in [0.5, 0.6) is 0 Å². The van der Waals surface area contributed by atoms with Crippen molar-refractivity contribution in [2.45, 2.75) is 25.4 Å². The number of nitrogens with zero attached hydrogens (tertiary/aromatic N) is 4. The molecule has 0 bridgehead atoms. The van der Waals surface area contributed by atoms with Gasteiger partial charge in [0.25, 0.3) is 5.56 Å². The normalized spacial score (nSPS) is 13.8. The lowest BCUT2D eigenvalue weighted by Gasteiger charge is -2.24. The number of aromatic amines is 1. The molecule has 0 amide bonds. The molecule has 7 heteroatoms. The Morgan fingerprint density at radius 1 is 1.24 bits per heavy atom. The smallest absolute Gasteiger partial charge is 0.329 e. The third-order valence-electron chi connectivity index (χ3n) is 4.49. The standard InChI is InChI=1S/C18H19N5O2/c1-21-17(24)11-16(20-18(21)25)22(14-7-8-14)12-13-3-5-15(6-4-13)23-10-2-9-19-23/h2-6,9-11,14H,7-8,12H2,1H3,(H,20,25). The summed E-state index contributed by atoms with van der Waals surface area (Å²) in [5.41, 5.74) is 1.43. The predicted octanol–water partition coefficient (Wildman–Crippen LogP) is 1.43. The van der Waals surface area contributed by atoms with Crippen molar-refractivity contribution in [3.63, 3.8) is 0 Å². The van der Waals surface area contributed by atoms with Crippen molar-refractivity contribution >= 4 is 5.82 Å². The topological polar surface area (TPSA) is 75.9 Å². The summed E-state index contributed by atoms with van der Waals surface area (Å²) >= 11 is 0. The molecule has 1 N–H and O–H groups in total. The molecule has 0 radical (unpaired) electrons. The minimum Gasteiger partial charge on any atom is -0.351 e. The van der Waals surface area contributed by atoms with Crippen LogP contribution in [0.1, 0.15) is 18.4 Å². The minimum absolute atomic E-state index is 0.293. The van der Waals surface area contributed by atoms with Gasteiger partial charge in [-0.2, -0.15) is 5.10 Å². The molecule has 7 nitrogen and oxygen atoms in total. The van der Waals surface area contributed by atoms with Gasteiger partial charge in [0, 0.05) is 38.1 Å². The Kier molecular flexibility index (Phi) is 3.76. The first-order valence-corrected chi connectivity index (χ1v) is 8.28. The van der Waals surface area contributed by atoms with E-state index in [1.165, 1.54) is 13.1 Å².